The fraction of sp³-hybridized carbons (Fsp3) is 0.571. The van der Waals surface area contributed by atoms with E-state index in [2.05, 4.69) is 9.88 Å². The van der Waals surface area contributed by atoms with Gasteiger partial charge < -0.3 is 20.3 Å². The highest BCUT2D eigenvalue weighted by atomic mass is 16.5. The number of nitrogens with zero attached hydrogens (tertiary/aromatic N) is 3. The van der Waals surface area contributed by atoms with Crippen LogP contribution in [-0.4, -0.2) is 54.7 Å². The highest BCUT2D eigenvalue weighted by Crippen LogP contribution is 2.21. The van der Waals surface area contributed by atoms with Crippen LogP contribution in [0.25, 0.3) is 0 Å². The quantitative estimate of drug-likeness (QED) is 0.883. The number of ether oxygens (including phenoxy) is 1. The number of rotatable bonds is 3. The summed E-state index contributed by atoms with van der Waals surface area (Å²) in [4.78, 5) is 20.6. The number of hydrogen-bond donors (Lipinski definition) is 1. The Morgan fingerprint density at radius 1 is 1.35 bits per heavy atom. The van der Waals surface area contributed by atoms with Crippen LogP contribution in [0.2, 0.25) is 0 Å². The lowest BCUT2D eigenvalue weighted by Gasteiger charge is -2.38. The van der Waals surface area contributed by atoms with Gasteiger partial charge in [-0.25, -0.2) is 4.98 Å². The number of pyridine rings is 1. The molecule has 110 valence electrons. The Bertz CT molecular complexity index is 482. The average molecular weight is 278 g/mol. The van der Waals surface area contributed by atoms with Crippen LogP contribution in [-0.2, 0) is 9.53 Å². The number of nitrogen functional groups attached to an aromatic ring is 1. The minimum absolute atomic E-state index is 0.0219. The summed E-state index contributed by atoms with van der Waals surface area (Å²) in [5, 5.41) is 0. The van der Waals surface area contributed by atoms with Crippen LogP contribution in [0.1, 0.15) is 13.8 Å². The second-order valence-corrected chi connectivity index (χ2v) is 5.41. The van der Waals surface area contributed by atoms with Gasteiger partial charge in [0.25, 0.3) is 5.91 Å². The maximum absolute atomic E-state index is 12.3. The highest BCUT2D eigenvalue weighted by Gasteiger charge is 2.33. The fourth-order valence-electron chi connectivity index (χ4n) is 2.26. The van der Waals surface area contributed by atoms with Gasteiger partial charge >= 0.3 is 0 Å². The number of piperazine rings is 1. The molecular formula is C14H22N4O2. The zero-order chi connectivity index (χ0) is 14.8. The average Bonchev–Trinajstić information content (AvgIpc) is 2.47. The first kappa shape index (κ1) is 14.6. The van der Waals surface area contributed by atoms with E-state index in [1.54, 1.807) is 27.2 Å². The van der Waals surface area contributed by atoms with Crippen molar-refractivity contribution in [1.82, 2.24) is 9.88 Å². The highest BCUT2D eigenvalue weighted by molar-refractivity contribution is 5.84. The molecule has 6 nitrogen and oxygen atoms in total. The molecule has 0 radical (unpaired) electrons. The number of carbonyl (C=O) groups is 1. The summed E-state index contributed by atoms with van der Waals surface area (Å²) >= 11 is 0. The summed E-state index contributed by atoms with van der Waals surface area (Å²) in [6, 6.07) is 3.66. The maximum Gasteiger partial charge on any atom is 0.254 e. The van der Waals surface area contributed by atoms with E-state index in [0.29, 0.717) is 18.8 Å². The molecule has 1 fully saturated rings. The molecule has 1 aromatic heterocycles. The molecule has 2 N–H and O–H groups in total. The van der Waals surface area contributed by atoms with E-state index >= 15 is 0 Å². The van der Waals surface area contributed by atoms with E-state index in [0.717, 1.165) is 18.9 Å². The largest absolute Gasteiger partial charge is 0.396 e. The second kappa shape index (κ2) is 5.66. The second-order valence-electron chi connectivity index (χ2n) is 5.41. The monoisotopic (exact) mass is 278 g/mol. The predicted octanol–water partition coefficient (Wildman–Crippen LogP) is 0.737. The first-order valence-electron chi connectivity index (χ1n) is 6.75. The Balaban J connectivity index is 2.00. The molecule has 0 spiro atoms. The number of nitrogens with two attached hydrogens (primary N) is 1. The molecular weight excluding hydrogens is 256 g/mol. The van der Waals surface area contributed by atoms with Crippen molar-refractivity contribution in [3.05, 3.63) is 18.3 Å². The van der Waals surface area contributed by atoms with Crippen LogP contribution in [0.15, 0.2) is 18.3 Å². The summed E-state index contributed by atoms with van der Waals surface area (Å²) in [7, 11) is 1.56. The SMILES string of the molecule is COC(C)(C)C(=O)N1CCN(c2ncccc2N)CC1. The van der Waals surface area contributed by atoms with Gasteiger partial charge in [-0.2, -0.15) is 0 Å². The van der Waals surface area contributed by atoms with Crippen molar-refractivity contribution in [3.63, 3.8) is 0 Å². The third-order valence-electron chi connectivity index (χ3n) is 3.71. The summed E-state index contributed by atoms with van der Waals surface area (Å²) in [5.41, 5.74) is 5.83. The Morgan fingerprint density at radius 3 is 2.55 bits per heavy atom. The van der Waals surface area contributed by atoms with E-state index in [1.807, 2.05) is 17.0 Å². The van der Waals surface area contributed by atoms with Crippen LogP contribution < -0.4 is 10.6 Å². The molecule has 2 heterocycles. The molecule has 1 aromatic rings. The van der Waals surface area contributed by atoms with Crippen LogP contribution in [0.3, 0.4) is 0 Å². The summed E-state index contributed by atoms with van der Waals surface area (Å²) in [6.07, 6.45) is 1.73. The number of hydrogen-bond acceptors (Lipinski definition) is 5. The van der Waals surface area contributed by atoms with Gasteiger partial charge in [-0.3, -0.25) is 4.79 Å². The van der Waals surface area contributed by atoms with Crippen molar-refractivity contribution in [2.45, 2.75) is 19.4 Å². The Morgan fingerprint density at radius 2 is 2.00 bits per heavy atom. The Labute approximate surface area is 119 Å². The number of amides is 1. The summed E-state index contributed by atoms with van der Waals surface area (Å²) in [6.45, 7) is 6.35. The third kappa shape index (κ3) is 2.85. The lowest BCUT2D eigenvalue weighted by Crippen LogP contribution is -2.54. The molecule has 1 saturated heterocycles. The first-order valence-corrected chi connectivity index (χ1v) is 6.75. The molecule has 0 aliphatic carbocycles. The molecule has 0 aromatic carbocycles. The van der Waals surface area contributed by atoms with Crippen molar-refractivity contribution in [2.24, 2.45) is 0 Å². The number of methoxy groups -OCH3 is 1. The van der Waals surface area contributed by atoms with Crippen LogP contribution >= 0.6 is 0 Å². The Hall–Kier alpha value is -1.82. The van der Waals surface area contributed by atoms with Gasteiger partial charge in [-0.05, 0) is 26.0 Å². The van der Waals surface area contributed by atoms with Crippen molar-refractivity contribution >= 4 is 17.4 Å². The zero-order valence-electron chi connectivity index (χ0n) is 12.3. The van der Waals surface area contributed by atoms with Crippen LogP contribution in [0.5, 0.6) is 0 Å². The molecule has 0 unspecified atom stereocenters. The van der Waals surface area contributed by atoms with Crippen molar-refractivity contribution in [2.75, 3.05) is 43.9 Å². The van der Waals surface area contributed by atoms with Crippen molar-refractivity contribution < 1.29 is 9.53 Å². The fourth-order valence-corrected chi connectivity index (χ4v) is 2.26. The number of carbonyl (C=O) groups excluding carboxylic acids is 1. The van der Waals surface area contributed by atoms with Gasteiger partial charge in [0, 0.05) is 39.5 Å². The topological polar surface area (TPSA) is 71.7 Å². The van der Waals surface area contributed by atoms with E-state index in [4.69, 9.17) is 10.5 Å². The van der Waals surface area contributed by atoms with Gasteiger partial charge in [0.2, 0.25) is 0 Å². The predicted molar refractivity (Wildman–Crippen MR) is 78.5 cm³/mol. The molecule has 0 bridgehead atoms. The Kier molecular flexibility index (Phi) is 4.13. The number of anilines is 2. The smallest absolute Gasteiger partial charge is 0.254 e. The summed E-state index contributed by atoms with van der Waals surface area (Å²) < 4.78 is 5.25. The van der Waals surface area contributed by atoms with E-state index in [1.165, 1.54) is 0 Å². The molecule has 6 heteroatoms. The van der Waals surface area contributed by atoms with Crippen molar-refractivity contribution in [3.8, 4) is 0 Å². The molecule has 0 atom stereocenters. The normalized spacial score (nSPS) is 16.4. The molecule has 1 aliphatic heterocycles. The zero-order valence-corrected chi connectivity index (χ0v) is 12.3. The standard InChI is InChI=1S/C14H22N4O2/c1-14(2,20-3)13(19)18-9-7-17(8-10-18)12-11(15)5-4-6-16-12/h4-6H,7-10,15H2,1-3H3. The molecule has 20 heavy (non-hydrogen) atoms. The van der Waals surface area contributed by atoms with Gasteiger partial charge in [-0.1, -0.05) is 0 Å². The maximum atomic E-state index is 12.3. The lowest BCUT2D eigenvalue weighted by molar-refractivity contribution is -0.151. The van der Waals surface area contributed by atoms with E-state index < -0.39 is 5.60 Å². The van der Waals surface area contributed by atoms with Crippen molar-refractivity contribution in [1.29, 1.82) is 0 Å². The first-order chi connectivity index (χ1) is 9.45. The van der Waals surface area contributed by atoms with Gasteiger partial charge in [0.15, 0.2) is 5.82 Å². The molecule has 2 rings (SSSR count). The lowest BCUT2D eigenvalue weighted by atomic mass is 10.1. The minimum Gasteiger partial charge on any atom is -0.396 e. The van der Waals surface area contributed by atoms with Gasteiger partial charge in [0.1, 0.15) is 5.60 Å². The van der Waals surface area contributed by atoms with Crippen LogP contribution in [0, 0.1) is 0 Å². The molecule has 0 saturated carbocycles. The summed E-state index contributed by atoms with van der Waals surface area (Å²) in [5.74, 6) is 0.819. The third-order valence-corrected chi connectivity index (χ3v) is 3.71. The van der Waals surface area contributed by atoms with Gasteiger partial charge in [0.05, 0.1) is 5.69 Å². The van der Waals surface area contributed by atoms with E-state index in [-0.39, 0.29) is 5.91 Å². The molecule has 1 aliphatic rings. The number of aromatic nitrogens is 1. The molecule has 1 amide bonds. The minimum atomic E-state index is -0.772. The van der Waals surface area contributed by atoms with Gasteiger partial charge in [-0.15, -0.1) is 0 Å². The van der Waals surface area contributed by atoms with E-state index in [9.17, 15) is 4.79 Å². The van der Waals surface area contributed by atoms with Crippen LogP contribution in [0.4, 0.5) is 11.5 Å².